The number of ether oxygens (including phenoxy) is 1. The molecule has 0 aliphatic carbocycles. The number of imidazole rings is 1. The van der Waals surface area contributed by atoms with Gasteiger partial charge in [0.15, 0.2) is 5.82 Å². The number of unbranched alkanes of at least 4 members (excludes halogenated alkanes) is 2. The van der Waals surface area contributed by atoms with Crippen LogP contribution in [0.3, 0.4) is 0 Å². The fourth-order valence-electron chi connectivity index (χ4n) is 4.92. The molecule has 1 fully saturated rings. The number of aryl methyl sites for hydroxylation is 3. The standard InChI is InChI=1S/C28H34N6O2/c1-19-7-6-8-20(2)25(19)28(35)32-24-18-29-33-26(24)27-30-22-11-10-21(17-23(22)31-27)9-4-3-5-12-34-13-15-36-16-14-34/h6-8,10-11,17-18H,3-5,9,12-16H2,1-2H3,(H,29,33)(H,30,31)(H,32,35). The molecule has 5 rings (SSSR count). The van der Waals surface area contributed by atoms with Gasteiger partial charge in [0.1, 0.15) is 5.69 Å². The number of nitrogens with zero attached hydrogens (tertiary/aromatic N) is 3. The molecule has 0 atom stereocenters. The first kappa shape index (κ1) is 24.2. The van der Waals surface area contributed by atoms with Gasteiger partial charge >= 0.3 is 0 Å². The monoisotopic (exact) mass is 486 g/mol. The van der Waals surface area contributed by atoms with E-state index in [0.717, 1.165) is 54.9 Å². The molecule has 0 spiro atoms. The highest BCUT2D eigenvalue weighted by Gasteiger charge is 2.18. The van der Waals surface area contributed by atoms with Crippen LogP contribution < -0.4 is 5.32 Å². The van der Waals surface area contributed by atoms with Crippen molar-refractivity contribution in [1.29, 1.82) is 0 Å². The van der Waals surface area contributed by atoms with Crippen LogP contribution >= 0.6 is 0 Å². The van der Waals surface area contributed by atoms with E-state index in [1.807, 2.05) is 32.0 Å². The number of carbonyl (C=O) groups excluding carboxylic acids is 1. The van der Waals surface area contributed by atoms with Crippen molar-refractivity contribution in [3.8, 4) is 11.5 Å². The van der Waals surface area contributed by atoms with E-state index in [-0.39, 0.29) is 5.91 Å². The van der Waals surface area contributed by atoms with Crippen LogP contribution in [0, 0.1) is 13.8 Å². The fourth-order valence-corrected chi connectivity index (χ4v) is 4.92. The molecule has 36 heavy (non-hydrogen) atoms. The average Bonchev–Trinajstić information content (AvgIpc) is 3.50. The molecule has 1 aliphatic rings. The Bertz CT molecular complexity index is 1310. The van der Waals surface area contributed by atoms with Gasteiger partial charge in [0.05, 0.1) is 36.1 Å². The summed E-state index contributed by atoms with van der Waals surface area (Å²) in [4.78, 5) is 23.6. The first-order chi connectivity index (χ1) is 17.6. The summed E-state index contributed by atoms with van der Waals surface area (Å²) in [6.07, 6.45) is 6.30. The highest BCUT2D eigenvalue weighted by molar-refractivity contribution is 6.07. The number of carbonyl (C=O) groups is 1. The molecule has 8 nitrogen and oxygen atoms in total. The number of morpholine rings is 1. The lowest BCUT2D eigenvalue weighted by Gasteiger charge is -2.26. The van der Waals surface area contributed by atoms with Crippen LogP contribution in [0.1, 0.15) is 46.3 Å². The number of amides is 1. The summed E-state index contributed by atoms with van der Waals surface area (Å²) in [5, 5.41) is 10.2. The lowest BCUT2D eigenvalue weighted by molar-refractivity contribution is 0.0371. The van der Waals surface area contributed by atoms with Crippen molar-refractivity contribution in [3.63, 3.8) is 0 Å². The SMILES string of the molecule is Cc1cccc(C)c1C(=O)Nc1cn[nH]c1-c1nc2ccc(CCCCCN3CCOCC3)cc2[nH]1. The highest BCUT2D eigenvalue weighted by Crippen LogP contribution is 2.27. The normalized spacial score (nSPS) is 14.4. The number of fused-ring (bicyclic) bond motifs is 1. The molecule has 0 radical (unpaired) electrons. The summed E-state index contributed by atoms with van der Waals surface area (Å²) in [5.74, 6) is 0.502. The van der Waals surface area contributed by atoms with Crippen LogP contribution in [-0.4, -0.2) is 63.8 Å². The van der Waals surface area contributed by atoms with Crippen molar-refractivity contribution >= 4 is 22.6 Å². The Labute approximate surface area is 211 Å². The minimum atomic E-state index is -0.153. The first-order valence-corrected chi connectivity index (χ1v) is 12.8. The predicted molar refractivity (Wildman–Crippen MR) is 142 cm³/mol. The van der Waals surface area contributed by atoms with E-state index in [4.69, 9.17) is 9.72 Å². The van der Waals surface area contributed by atoms with Crippen LogP contribution in [0.15, 0.2) is 42.6 Å². The minimum Gasteiger partial charge on any atom is -0.379 e. The maximum atomic E-state index is 13.0. The van der Waals surface area contributed by atoms with Gasteiger partial charge in [-0.15, -0.1) is 0 Å². The van der Waals surface area contributed by atoms with Gasteiger partial charge in [-0.05, 0) is 68.5 Å². The van der Waals surface area contributed by atoms with Gasteiger partial charge in [-0.3, -0.25) is 14.8 Å². The summed E-state index contributed by atoms with van der Waals surface area (Å²) in [7, 11) is 0. The Balaban J connectivity index is 1.22. The van der Waals surface area contributed by atoms with E-state index in [9.17, 15) is 4.79 Å². The summed E-state index contributed by atoms with van der Waals surface area (Å²) in [6.45, 7) is 8.91. The molecule has 0 bridgehead atoms. The van der Waals surface area contributed by atoms with Crippen molar-refractivity contribution in [1.82, 2.24) is 25.1 Å². The third-order valence-electron chi connectivity index (χ3n) is 6.92. The Morgan fingerprint density at radius 2 is 1.89 bits per heavy atom. The smallest absolute Gasteiger partial charge is 0.256 e. The molecule has 0 saturated carbocycles. The van der Waals surface area contributed by atoms with Gasteiger partial charge in [-0.1, -0.05) is 30.7 Å². The second kappa shape index (κ2) is 11.1. The van der Waals surface area contributed by atoms with Gasteiger partial charge in [0.2, 0.25) is 0 Å². The molecule has 3 N–H and O–H groups in total. The maximum Gasteiger partial charge on any atom is 0.256 e. The van der Waals surface area contributed by atoms with Crippen molar-refractivity contribution in [2.45, 2.75) is 39.5 Å². The Hall–Kier alpha value is -3.49. The number of aromatic amines is 2. The topological polar surface area (TPSA) is 98.9 Å². The highest BCUT2D eigenvalue weighted by atomic mass is 16.5. The van der Waals surface area contributed by atoms with Crippen LogP contribution in [0.25, 0.3) is 22.6 Å². The molecule has 0 unspecified atom stereocenters. The fraction of sp³-hybridized carbons (Fsp3) is 0.393. The zero-order chi connectivity index (χ0) is 24.9. The largest absolute Gasteiger partial charge is 0.379 e. The summed E-state index contributed by atoms with van der Waals surface area (Å²) in [6, 6.07) is 12.2. The first-order valence-electron chi connectivity index (χ1n) is 12.8. The molecular weight excluding hydrogens is 452 g/mol. The van der Waals surface area contributed by atoms with Crippen molar-refractivity contribution in [2.75, 3.05) is 38.2 Å². The number of nitrogens with one attached hydrogen (secondary N) is 3. The average molecular weight is 487 g/mol. The quantitative estimate of drug-likeness (QED) is 0.293. The van der Waals surface area contributed by atoms with Crippen LogP contribution in [0.4, 0.5) is 5.69 Å². The van der Waals surface area contributed by atoms with E-state index in [2.05, 4.69) is 43.6 Å². The van der Waals surface area contributed by atoms with Gasteiger partial charge in [-0.2, -0.15) is 5.10 Å². The summed E-state index contributed by atoms with van der Waals surface area (Å²) < 4.78 is 5.42. The van der Waals surface area contributed by atoms with E-state index in [1.165, 1.54) is 31.4 Å². The summed E-state index contributed by atoms with van der Waals surface area (Å²) in [5.41, 5.74) is 7.00. The number of H-pyrrole nitrogens is 2. The van der Waals surface area contributed by atoms with E-state index in [1.54, 1.807) is 6.20 Å². The second-order valence-corrected chi connectivity index (χ2v) is 9.58. The molecule has 8 heteroatoms. The van der Waals surface area contributed by atoms with Gasteiger partial charge in [-0.25, -0.2) is 4.98 Å². The number of aromatic nitrogens is 4. The van der Waals surface area contributed by atoms with E-state index < -0.39 is 0 Å². The van der Waals surface area contributed by atoms with Crippen LogP contribution in [0.5, 0.6) is 0 Å². The molecular formula is C28H34N6O2. The molecule has 1 amide bonds. The number of rotatable bonds is 9. The van der Waals surface area contributed by atoms with Gasteiger partial charge < -0.3 is 15.0 Å². The number of benzene rings is 2. The van der Waals surface area contributed by atoms with E-state index >= 15 is 0 Å². The molecule has 1 aliphatic heterocycles. The molecule has 2 aromatic heterocycles. The molecule has 2 aromatic carbocycles. The number of anilines is 1. The van der Waals surface area contributed by atoms with Crippen LogP contribution in [-0.2, 0) is 11.2 Å². The summed E-state index contributed by atoms with van der Waals surface area (Å²) >= 11 is 0. The second-order valence-electron chi connectivity index (χ2n) is 9.58. The number of hydrogen-bond donors (Lipinski definition) is 3. The van der Waals surface area contributed by atoms with E-state index in [0.29, 0.717) is 22.8 Å². The van der Waals surface area contributed by atoms with Crippen molar-refractivity contribution in [3.05, 3.63) is 64.8 Å². The third-order valence-corrected chi connectivity index (χ3v) is 6.92. The molecule has 1 saturated heterocycles. The Kier molecular flexibility index (Phi) is 7.44. The molecule has 188 valence electrons. The third kappa shape index (κ3) is 5.50. The molecule has 4 aromatic rings. The predicted octanol–water partition coefficient (Wildman–Crippen LogP) is 4.87. The zero-order valence-electron chi connectivity index (χ0n) is 21.1. The van der Waals surface area contributed by atoms with Gasteiger partial charge in [0.25, 0.3) is 5.91 Å². The van der Waals surface area contributed by atoms with Crippen molar-refractivity contribution < 1.29 is 9.53 Å². The molecule has 3 heterocycles. The maximum absolute atomic E-state index is 13.0. The lowest BCUT2D eigenvalue weighted by Crippen LogP contribution is -2.36. The lowest BCUT2D eigenvalue weighted by atomic mass is 10.0. The van der Waals surface area contributed by atoms with Gasteiger partial charge in [0, 0.05) is 18.7 Å². The minimum absolute atomic E-state index is 0.153. The zero-order valence-corrected chi connectivity index (χ0v) is 21.1. The van der Waals surface area contributed by atoms with Crippen molar-refractivity contribution in [2.24, 2.45) is 0 Å². The number of hydrogen-bond acceptors (Lipinski definition) is 5. The van der Waals surface area contributed by atoms with Crippen LogP contribution in [0.2, 0.25) is 0 Å². The Morgan fingerprint density at radius 3 is 2.69 bits per heavy atom. The Morgan fingerprint density at radius 1 is 1.08 bits per heavy atom.